The van der Waals surface area contributed by atoms with E-state index in [0.29, 0.717) is 11.5 Å². The second-order valence-corrected chi connectivity index (χ2v) is 6.85. The van der Waals surface area contributed by atoms with Crippen molar-refractivity contribution >= 4 is 27.7 Å². The third kappa shape index (κ3) is 2.33. The van der Waals surface area contributed by atoms with E-state index in [2.05, 4.69) is 4.57 Å². The smallest absolute Gasteiger partial charge is 0.249 e. The monoisotopic (exact) mass is 322 g/mol. The Morgan fingerprint density at radius 3 is 2.42 bits per heavy atom. The molecule has 2 aromatic carbocycles. The van der Waals surface area contributed by atoms with Crippen LogP contribution < -0.4 is 5.73 Å². The number of fused-ring (bicyclic) bond motifs is 3. The van der Waals surface area contributed by atoms with Crippen molar-refractivity contribution in [2.45, 2.75) is 38.6 Å². The summed E-state index contributed by atoms with van der Waals surface area (Å²) in [4.78, 5) is 11.9. The summed E-state index contributed by atoms with van der Waals surface area (Å²) in [6, 6.07) is 11.2. The highest BCUT2D eigenvalue weighted by Gasteiger charge is 2.21. The van der Waals surface area contributed by atoms with E-state index in [1.807, 2.05) is 24.3 Å². The van der Waals surface area contributed by atoms with E-state index in [1.165, 1.54) is 32.1 Å². The van der Waals surface area contributed by atoms with Crippen molar-refractivity contribution in [2.24, 2.45) is 11.7 Å². The van der Waals surface area contributed by atoms with Crippen LogP contribution in [-0.2, 0) is 6.54 Å². The van der Waals surface area contributed by atoms with Gasteiger partial charge in [0.15, 0.2) is 0 Å². The van der Waals surface area contributed by atoms with Gasteiger partial charge in [0.1, 0.15) is 5.75 Å². The zero-order valence-corrected chi connectivity index (χ0v) is 13.7. The fraction of sp³-hybridized carbons (Fsp3) is 0.350. The van der Waals surface area contributed by atoms with Gasteiger partial charge in [0.05, 0.1) is 16.4 Å². The third-order valence-corrected chi connectivity index (χ3v) is 5.33. The molecule has 1 aromatic heterocycles. The van der Waals surface area contributed by atoms with E-state index in [0.717, 1.165) is 28.4 Å². The Morgan fingerprint density at radius 2 is 1.71 bits per heavy atom. The van der Waals surface area contributed by atoms with Gasteiger partial charge in [-0.05, 0) is 43.0 Å². The predicted octanol–water partition coefficient (Wildman–Crippen LogP) is 4.18. The van der Waals surface area contributed by atoms with Crippen LogP contribution in [0.2, 0.25) is 0 Å². The first-order chi connectivity index (χ1) is 11.7. The number of carbonyl (C=O) groups is 1. The molecule has 0 bridgehead atoms. The fourth-order valence-electron chi connectivity index (χ4n) is 4.20. The van der Waals surface area contributed by atoms with Crippen LogP contribution in [0.3, 0.4) is 0 Å². The van der Waals surface area contributed by atoms with Crippen LogP contribution in [0.15, 0.2) is 36.4 Å². The lowest BCUT2D eigenvalue weighted by Gasteiger charge is -2.23. The maximum Gasteiger partial charge on any atom is 0.249 e. The van der Waals surface area contributed by atoms with E-state index in [-0.39, 0.29) is 5.75 Å². The number of nitrogens with two attached hydrogens (primary N) is 1. The normalized spacial score (nSPS) is 16.0. The van der Waals surface area contributed by atoms with E-state index in [9.17, 15) is 9.90 Å². The molecule has 3 N–H and O–H groups in total. The van der Waals surface area contributed by atoms with Gasteiger partial charge in [-0.1, -0.05) is 31.4 Å². The number of phenols is 1. The SMILES string of the molecule is NC(=O)c1cccc2c1c1c(O)cccc1n2CC1CCCCC1. The highest BCUT2D eigenvalue weighted by atomic mass is 16.3. The quantitative estimate of drug-likeness (QED) is 0.759. The lowest BCUT2D eigenvalue weighted by Crippen LogP contribution is -2.14. The summed E-state index contributed by atoms with van der Waals surface area (Å²) in [5, 5.41) is 11.9. The molecule has 4 nitrogen and oxygen atoms in total. The summed E-state index contributed by atoms with van der Waals surface area (Å²) >= 11 is 0. The first-order valence-corrected chi connectivity index (χ1v) is 8.69. The molecule has 24 heavy (non-hydrogen) atoms. The van der Waals surface area contributed by atoms with Gasteiger partial charge in [-0.3, -0.25) is 4.79 Å². The van der Waals surface area contributed by atoms with Gasteiger partial charge in [-0.25, -0.2) is 0 Å². The first-order valence-electron chi connectivity index (χ1n) is 8.69. The van der Waals surface area contributed by atoms with Crippen LogP contribution in [0.1, 0.15) is 42.5 Å². The number of nitrogens with zero attached hydrogens (tertiary/aromatic N) is 1. The van der Waals surface area contributed by atoms with Crippen LogP contribution in [0, 0.1) is 5.92 Å². The van der Waals surface area contributed by atoms with Crippen molar-refractivity contribution in [1.29, 1.82) is 0 Å². The molecular formula is C20H22N2O2. The Morgan fingerprint density at radius 1 is 1.04 bits per heavy atom. The zero-order valence-electron chi connectivity index (χ0n) is 13.7. The number of hydrogen-bond donors (Lipinski definition) is 2. The van der Waals surface area contributed by atoms with Crippen LogP contribution in [-0.4, -0.2) is 15.6 Å². The summed E-state index contributed by atoms with van der Waals surface area (Å²) in [7, 11) is 0. The zero-order chi connectivity index (χ0) is 16.7. The van der Waals surface area contributed by atoms with E-state index in [4.69, 9.17) is 5.73 Å². The van der Waals surface area contributed by atoms with Gasteiger partial charge >= 0.3 is 0 Å². The molecule has 0 saturated heterocycles. The number of carbonyl (C=O) groups excluding carboxylic acids is 1. The van der Waals surface area contributed by atoms with Crippen LogP contribution >= 0.6 is 0 Å². The van der Waals surface area contributed by atoms with Crippen molar-refractivity contribution in [1.82, 2.24) is 4.57 Å². The molecule has 1 aliphatic carbocycles. The summed E-state index contributed by atoms with van der Waals surface area (Å²) in [6.07, 6.45) is 6.40. The van der Waals surface area contributed by atoms with Gasteiger partial charge in [0, 0.05) is 17.5 Å². The van der Waals surface area contributed by atoms with E-state index in [1.54, 1.807) is 12.1 Å². The Kier molecular flexibility index (Phi) is 3.68. The molecule has 1 heterocycles. The van der Waals surface area contributed by atoms with Crippen molar-refractivity contribution in [3.05, 3.63) is 42.0 Å². The van der Waals surface area contributed by atoms with Crippen molar-refractivity contribution in [2.75, 3.05) is 0 Å². The van der Waals surface area contributed by atoms with Crippen LogP contribution in [0.25, 0.3) is 21.8 Å². The molecule has 0 atom stereocenters. The molecule has 4 rings (SSSR count). The molecule has 124 valence electrons. The van der Waals surface area contributed by atoms with Gasteiger partial charge in [0.25, 0.3) is 0 Å². The number of aromatic hydroxyl groups is 1. The Bertz CT molecular complexity index is 920. The van der Waals surface area contributed by atoms with Gasteiger partial charge in [-0.2, -0.15) is 0 Å². The lowest BCUT2D eigenvalue weighted by atomic mass is 9.89. The Labute approximate surface area is 140 Å². The molecule has 0 unspecified atom stereocenters. The molecule has 1 aliphatic rings. The molecule has 0 aliphatic heterocycles. The lowest BCUT2D eigenvalue weighted by molar-refractivity contribution is 0.100. The molecular weight excluding hydrogens is 300 g/mol. The Balaban J connectivity index is 1.99. The molecule has 1 amide bonds. The molecule has 1 saturated carbocycles. The summed E-state index contributed by atoms with van der Waals surface area (Å²) < 4.78 is 2.26. The topological polar surface area (TPSA) is 68.2 Å². The second-order valence-electron chi connectivity index (χ2n) is 6.85. The van der Waals surface area contributed by atoms with Crippen molar-refractivity contribution in [3.63, 3.8) is 0 Å². The average Bonchev–Trinajstić information content (AvgIpc) is 2.91. The molecule has 1 fully saturated rings. The molecule has 0 radical (unpaired) electrons. The summed E-state index contributed by atoms with van der Waals surface area (Å²) in [5.74, 6) is 0.395. The minimum absolute atomic E-state index is 0.202. The molecule has 0 spiro atoms. The average molecular weight is 322 g/mol. The summed E-state index contributed by atoms with van der Waals surface area (Å²) in [5.41, 5.74) is 8.01. The number of aromatic nitrogens is 1. The molecule has 3 aromatic rings. The van der Waals surface area contributed by atoms with Gasteiger partial charge in [0.2, 0.25) is 5.91 Å². The number of primary amides is 1. The fourth-order valence-corrected chi connectivity index (χ4v) is 4.20. The van der Waals surface area contributed by atoms with Gasteiger partial charge < -0.3 is 15.4 Å². The largest absolute Gasteiger partial charge is 0.507 e. The standard InChI is InChI=1S/C20H22N2O2/c21-20(24)14-8-4-9-15-18(14)19-16(10-5-11-17(19)23)22(15)12-13-6-2-1-3-7-13/h4-5,8-11,13,23H,1-3,6-7,12H2,(H2,21,24). The number of hydrogen-bond acceptors (Lipinski definition) is 2. The molecule has 4 heteroatoms. The minimum atomic E-state index is -0.458. The number of amides is 1. The number of benzene rings is 2. The maximum atomic E-state index is 11.9. The van der Waals surface area contributed by atoms with Crippen molar-refractivity contribution < 1.29 is 9.90 Å². The van der Waals surface area contributed by atoms with E-state index < -0.39 is 5.91 Å². The third-order valence-electron chi connectivity index (χ3n) is 5.33. The van der Waals surface area contributed by atoms with Crippen LogP contribution in [0.4, 0.5) is 0 Å². The maximum absolute atomic E-state index is 11.9. The van der Waals surface area contributed by atoms with Crippen molar-refractivity contribution in [3.8, 4) is 5.75 Å². The number of phenolic OH excluding ortho intramolecular Hbond substituents is 1. The highest BCUT2D eigenvalue weighted by molar-refractivity contribution is 6.19. The first kappa shape index (κ1) is 15.1. The summed E-state index contributed by atoms with van der Waals surface area (Å²) in [6.45, 7) is 0.922. The number of rotatable bonds is 3. The predicted molar refractivity (Wildman–Crippen MR) is 96.2 cm³/mol. The Hall–Kier alpha value is -2.49. The van der Waals surface area contributed by atoms with Gasteiger partial charge in [-0.15, -0.1) is 0 Å². The van der Waals surface area contributed by atoms with Crippen LogP contribution in [0.5, 0.6) is 5.75 Å². The second kappa shape index (κ2) is 5.86. The van der Waals surface area contributed by atoms with E-state index >= 15 is 0 Å². The minimum Gasteiger partial charge on any atom is -0.507 e. The highest BCUT2D eigenvalue weighted by Crippen LogP contribution is 2.38.